The molecule has 3 nitrogen and oxygen atoms in total. The van der Waals surface area contributed by atoms with Crippen LogP contribution in [0.15, 0.2) is 0 Å². The van der Waals surface area contributed by atoms with Gasteiger partial charge in [0, 0.05) is 29.9 Å². The van der Waals surface area contributed by atoms with Crippen molar-refractivity contribution in [1.82, 2.24) is 4.98 Å². The van der Waals surface area contributed by atoms with E-state index in [1.807, 2.05) is 0 Å². The molecule has 1 heterocycles. The van der Waals surface area contributed by atoms with Crippen LogP contribution in [0, 0.1) is 0 Å². The summed E-state index contributed by atoms with van der Waals surface area (Å²) in [6.45, 7) is 8.45. The first-order chi connectivity index (χ1) is 7.54. The molecule has 0 fully saturated rings. The van der Waals surface area contributed by atoms with Crippen LogP contribution >= 0.6 is 11.3 Å². The molecule has 0 radical (unpaired) electrons. The van der Waals surface area contributed by atoms with Crippen molar-refractivity contribution in [2.24, 2.45) is 0 Å². The summed E-state index contributed by atoms with van der Waals surface area (Å²) >= 11 is 1.81. The predicted molar refractivity (Wildman–Crippen MR) is 68.5 cm³/mol. The van der Waals surface area contributed by atoms with Crippen LogP contribution in [0.1, 0.15) is 43.7 Å². The second-order valence-corrected chi connectivity index (χ2v) is 6.14. The van der Waals surface area contributed by atoms with E-state index in [0.717, 1.165) is 18.3 Å². The summed E-state index contributed by atoms with van der Waals surface area (Å²) in [5.41, 5.74) is 1.60. The predicted octanol–water partition coefficient (Wildman–Crippen LogP) is 2.99. The van der Waals surface area contributed by atoms with Crippen molar-refractivity contribution in [3.05, 3.63) is 10.6 Å². The quantitative estimate of drug-likeness (QED) is 0.822. The molecule has 1 aromatic rings. The molecule has 0 bridgehead atoms. The van der Waals surface area contributed by atoms with E-state index < -0.39 is 0 Å². The van der Waals surface area contributed by atoms with Crippen LogP contribution in [-0.2, 0) is 10.2 Å². The number of fused-ring (bicyclic) bond motifs is 1. The van der Waals surface area contributed by atoms with Gasteiger partial charge in [-0.3, -0.25) is 0 Å². The molecule has 0 saturated carbocycles. The third-order valence-electron chi connectivity index (χ3n) is 3.13. The van der Waals surface area contributed by atoms with Crippen LogP contribution in [0.25, 0.3) is 0 Å². The minimum Gasteiger partial charge on any atom is -0.383 e. The Bertz CT molecular complexity index is 373. The Labute approximate surface area is 101 Å². The van der Waals surface area contributed by atoms with Crippen molar-refractivity contribution >= 4 is 16.5 Å². The molecule has 4 heteroatoms. The van der Waals surface area contributed by atoms with Gasteiger partial charge in [-0.25, -0.2) is 4.98 Å². The van der Waals surface area contributed by atoms with Crippen LogP contribution in [0.4, 0.5) is 5.13 Å². The zero-order valence-corrected chi connectivity index (χ0v) is 11.3. The lowest BCUT2D eigenvalue weighted by Crippen LogP contribution is -2.11. The van der Waals surface area contributed by atoms with Gasteiger partial charge < -0.3 is 10.1 Å². The van der Waals surface area contributed by atoms with E-state index in [1.165, 1.54) is 17.0 Å². The number of methoxy groups -OCH3 is 1. The Balaban J connectivity index is 2.12. The maximum atomic E-state index is 5.02. The van der Waals surface area contributed by atoms with Gasteiger partial charge in [-0.15, -0.1) is 11.3 Å². The van der Waals surface area contributed by atoms with Gasteiger partial charge in [0.05, 0.1) is 12.3 Å². The Hall–Kier alpha value is -0.610. The number of anilines is 1. The fourth-order valence-electron chi connectivity index (χ4n) is 2.44. The minimum absolute atomic E-state index is 0.299. The molecular formula is C12H20N2OS. The summed E-state index contributed by atoms with van der Waals surface area (Å²) in [4.78, 5) is 6.15. The van der Waals surface area contributed by atoms with Gasteiger partial charge in [0.2, 0.25) is 0 Å². The van der Waals surface area contributed by atoms with Gasteiger partial charge in [0.1, 0.15) is 0 Å². The first-order valence-corrected chi connectivity index (χ1v) is 6.60. The lowest BCUT2D eigenvalue weighted by atomic mass is 9.91. The zero-order chi connectivity index (χ0) is 11.8. The summed E-state index contributed by atoms with van der Waals surface area (Å²) in [6.07, 6.45) is 1.22. The second kappa shape index (κ2) is 4.34. The summed E-state index contributed by atoms with van der Waals surface area (Å²) in [7, 11) is 1.72. The standard InChI is InChI=1S/C12H20N2OS/c1-8-7-12(2,3)10-9(8)14-11(16-10)13-5-6-15-4/h8H,5-7H2,1-4H3,(H,13,14). The molecule has 1 aliphatic rings. The summed E-state index contributed by atoms with van der Waals surface area (Å²) in [5, 5.41) is 4.36. The molecule has 2 rings (SSSR count). The molecule has 1 aromatic heterocycles. The maximum Gasteiger partial charge on any atom is 0.183 e. The Kier molecular flexibility index (Phi) is 3.22. The molecule has 0 saturated heterocycles. The first kappa shape index (κ1) is 11.9. The number of aromatic nitrogens is 1. The molecule has 16 heavy (non-hydrogen) atoms. The lowest BCUT2D eigenvalue weighted by Gasteiger charge is -2.16. The van der Waals surface area contributed by atoms with Gasteiger partial charge in [-0.2, -0.15) is 0 Å². The van der Waals surface area contributed by atoms with Gasteiger partial charge >= 0.3 is 0 Å². The van der Waals surface area contributed by atoms with E-state index in [2.05, 4.69) is 26.1 Å². The summed E-state index contributed by atoms with van der Waals surface area (Å²) in [6, 6.07) is 0. The highest BCUT2D eigenvalue weighted by atomic mass is 32.1. The second-order valence-electron chi connectivity index (χ2n) is 5.14. The normalized spacial score (nSPS) is 22.1. The third-order valence-corrected chi connectivity index (χ3v) is 4.53. The molecule has 1 N–H and O–H groups in total. The van der Waals surface area contributed by atoms with Crippen molar-refractivity contribution < 1.29 is 4.74 Å². The largest absolute Gasteiger partial charge is 0.383 e. The van der Waals surface area contributed by atoms with Crippen LogP contribution < -0.4 is 5.32 Å². The third kappa shape index (κ3) is 2.09. The molecule has 1 atom stereocenters. The van der Waals surface area contributed by atoms with E-state index in [4.69, 9.17) is 9.72 Å². The number of rotatable bonds is 4. The van der Waals surface area contributed by atoms with E-state index in [1.54, 1.807) is 18.4 Å². The average Bonchev–Trinajstić information content (AvgIpc) is 2.69. The van der Waals surface area contributed by atoms with Crippen molar-refractivity contribution in [2.75, 3.05) is 25.6 Å². The molecule has 0 aliphatic heterocycles. The highest BCUT2D eigenvalue weighted by Gasteiger charge is 2.38. The van der Waals surface area contributed by atoms with Crippen LogP contribution in [-0.4, -0.2) is 25.2 Å². The number of thiazole rings is 1. The minimum atomic E-state index is 0.299. The van der Waals surface area contributed by atoms with Crippen molar-refractivity contribution in [2.45, 2.75) is 38.5 Å². The first-order valence-electron chi connectivity index (χ1n) is 5.78. The molecule has 0 spiro atoms. The van der Waals surface area contributed by atoms with Gasteiger partial charge in [0.15, 0.2) is 5.13 Å². The average molecular weight is 240 g/mol. The van der Waals surface area contributed by atoms with Crippen LogP contribution in [0.3, 0.4) is 0 Å². The SMILES string of the molecule is COCCNc1nc2c(s1)C(C)(C)CC2C. The molecule has 0 amide bonds. The van der Waals surface area contributed by atoms with E-state index in [9.17, 15) is 0 Å². The highest BCUT2D eigenvalue weighted by molar-refractivity contribution is 7.15. The maximum absolute atomic E-state index is 5.02. The van der Waals surface area contributed by atoms with E-state index in [0.29, 0.717) is 11.3 Å². The number of hydrogen-bond acceptors (Lipinski definition) is 4. The molecular weight excluding hydrogens is 220 g/mol. The van der Waals surface area contributed by atoms with Gasteiger partial charge in [-0.05, 0) is 6.42 Å². The zero-order valence-electron chi connectivity index (χ0n) is 10.5. The van der Waals surface area contributed by atoms with E-state index >= 15 is 0 Å². The highest BCUT2D eigenvalue weighted by Crippen LogP contribution is 2.48. The molecule has 1 unspecified atom stereocenters. The number of nitrogens with zero attached hydrogens (tertiary/aromatic N) is 1. The Morgan fingerprint density at radius 3 is 2.94 bits per heavy atom. The smallest absolute Gasteiger partial charge is 0.183 e. The van der Waals surface area contributed by atoms with Crippen molar-refractivity contribution in [1.29, 1.82) is 0 Å². The Morgan fingerprint density at radius 1 is 1.56 bits per heavy atom. The lowest BCUT2D eigenvalue weighted by molar-refractivity contribution is 0.211. The van der Waals surface area contributed by atoms with Crippen molar-refractivity contribution in [3.63, 3.8) is 0 Å². The topological polar surface area (TPSA) is 34.1 Å². The number of hydrogen-bond donors (Lipinski definition) is 1. The van der Waals surface area contributed by atoms with Crippen molar-refractivity contribution in [3.8, 4) is 0 Å². The summed E-state index contributed by atoms with van der Waals surface area (Å²) in [5.74, 6) is 0.597. The number of nitrogens with one attached hydrogen (secondary N) is 1. The van der Waals surface area contributed by atoms with Gasteiger partial charge in [-0.1, -0.05) is 20.8 Å². The fourth-order valence-corrected chi connectivity index (χ4v) is 3.66. The number of ether oxygens (including phenoxy) is 1. The molecule has 0 aromatic carbocycles. The van der Waals surface area contributed by atoms with Crippen LogP contribution in [0.2, 0.25) is 0 Å². The van der Waals surface area contributed by atoms with Crippen LogP contribution in [0.5, 0.6) is 0 Å². The van der Waals surface area contributed by atoms with E-state index in [-0.39, 0.29) is 0 Å². The van der Waals surface area contributed by atoms with Gasteiger partial charge in [0.25, 0.3) is 0 Å². The molecule has 90 valence electrons. The monoisotopic (exact) mass is 240 g/mol. The summed E-state index contributed by atoms with van der Waals surface area (Å²) < 4.78 is 5.02. The molecule has 1 aliphatic carbocycles. The fraction of sp³-hybridized carbons (Fsp3) is 0.750. The Morgan fingerprint density at radius 2 is 2.31 bits per heavy atom.